The summed E-state index contributed by atoms with van der Waals surface area (Å²) in [7, 11) is 0. The molecule has 0 aromatic heterocycles. The minimum atomic E-state index is -0.536. The molecule has 0 saturated carbocycles. The van der Waals surface area contributed by atoms with Crippen molar-refractivity contribution in [2.75, 3.05) is 0 Å². The van der Waals surface area contributed by atoms with E-state index in [2.05, 4.69) is 4.99 Å². The van der Waals surface area contributed by atoms with Crippen LogP contribution >= 0.6 is 0 Å². The van der Waals surface area contributed by atoms with Gasteiger partial charge in [-0.1, -0.05) is 6.07 Å². The highest BCUT2D eigenvalue weighted by atomic mass is 19.1. The molecule has 2 N–H and O–H groups in total. The summed E-state index contributed by atoms with van der Waals surface area (Å²) in [5.74, 6) is -0.315. The lowest BCUT2D eigenvalue weighted by atomic mass is 9.98. The average Bonchev–Trinajstić information content (AvgIpc) is 2.28. The fourth-order valence-electron chi connectivity index (χ4n) is 2.14. The van der Waals surface area contributed by atoms with Gasteiger partial charge >= 0.3 is 0 Å². The Hall–Kier alpha value is -1.45. The van der Waals surface area contributed by atoms with Crippen molar-refractivity contribution in [3.63, 3.8) is 0 Å². The van der Waals surface area contributed by atoms with Gasteiger partial charge in [0.2, 0.25) is 0 Å². The quantitative estimate of drug-likeness (QED) is 0.864. The van der Waals surface area contributed by atoms with Crippen LogP contribution in [0.5, 0.6) is 0 Å². The molecule has 1 aromatic rings. The Morgan fingerprint density at radius 2 is 2.18 bits per heavy atom. The molecule has 1 heterocycles. The van der Waals surface area contributed by atoms with Crippen molar-refractivity contribution in [3.8, 4) is 0 Å². The zero-order valence-electron chi connectivity index (χ0n) is 9.63. The van der Waals surface area contributed by atoms with Crippen molar-refractivity contribution in [3.05, 3.63) is 35.4 Å². The van der Waals surface area contributed by atoms with E-state index in [0.717, 1.165) is 31.7 Å². The van der Waals surface area contributed by atoms with Crippen LogP contribution in [0.25, 0.3) is 0 Å². The number of hydrogen-bond acceptors (Lipinski definition) is 2. The Kier molecular flexibility index (Phi) is 3.71. The van der Waals surface area contributed by atoms with Gasteiger partial charge in [0.25, 0.3) is 0 Å². The molecule has 4 heteroatoms. The zero-order chi connectivity index (χ0) is 12.3. The number of amidine groups is 1. The number of hydrogen-bond donors (Lipinski definition) is 1. The Morgan fingerprint density at radius 1 is 1.35 bits per heavy atom. The number of benzene rings is 1. The molecule has 2 rings (SSSR count). The Morgan fingerprint density at radius 3 is 2.88 bits per heavy atom. The van der Waals surface area contributed by atoms with Crippen molar-refractivity contribution in [2.45, 2.75) is 38.1 Å². The Labute approximate surface area is 99.5 Å². The van der Waals surface area contributed by atoms with Gasteiger partial charge in [-0.2, -0.15) is 0 Å². The Balaban J connectivity index is 1.95. The number of aliphatic imine (C=N–C) groups is 1. The molecule has 2 nitrogen and oxygen atoms in total. The van der Waals surface area contributed by atoms with E-state index in [1.165, 1.54) is 12.1 Å². The minimum Gasteiger partial charge on any atom is -0.387 e. The summed E-state index contributed by atoms with van der Waals surface area (Å²) in [6, 6.07) is 3.90. The predicted octanol–water partition coefficient (Wildman–Crippen LogP) is 2.81. The summed E-state index contributed by atoms with van der Waals surface area (Å²) in [5, 5.41) is 0. The zero-order valence-corrected chi connectivity index (χ0v) is 9.63. The van der Waals surface area contributed by atoms with Crippen LogP contribution in [-0.4, -0.2) is 11.9 Å². The molecule has 0 unspecified atom stereocenters. The minimum absolute atomic E-state index is 0.188. The first kappa shape index (κ1) is 12.0. The lowest BCUT2D eigenvalue weighted by Gasteiger charge is -2.18. The third kappa shape index (κ3) is 3.25. The van der Waals surface area contributed by atoms with Gasteiger partial charge in [0, 0.05) is 12.5 Å². The van der Waals surface area contributed by atoms with E-state index in [-0.39, 0.29) is 6.04 Å². The van der Waals surface area contributed by atoms with Gasteiger partial charge < -0.3 is 5.73 Å². The van der Waals surface area contributed by atoms with Crippen LogP contribution in [-0.2, 0) is 6.42 Å². The standard InChI is InChI=1S/C13H16F2N2/c14-10-6-4-9(12(15)8-10)5-7-11-2-1-3-13(16)17-11/h4,6,8,11H,1-3,5,7H2,(H2,16,17)/t11-/m1/s1. The highest BCUT2D eigenvalue weighted by molar-refractivity contribution is 5.80. The van der Waals surface area contributed by atoms with Crippen LogP contribution in [0.3, 0.4) is 0 Å². The molecular weight excluding hydrogens is 222 g/mol. The fourth-order valence-corrected chi connectivity index (χ4v) is 2.14. The van der Waals surface area contributed by atoms with E-state index in [1.807, 2.05) is 0 Å². The van der Waals surface area contributed by atoms with Crippen LogP contribution in [0, 0.1) is 11.6 Å². The van der Waals surface area contributed by atoms with Gasteiger partial charge in [0.1, 0.15) is 11.6 Å². The molecule has 1 atom stereocenters. The highest BCUT2D eigenvalue weighted by Crippen LogP contribution is 2.19. The molecule has 0 bridgehead atoms. The van der Waals surface area contributed by atoms with E-state index in [0.29, 0.717) is 17.8 Å². The second kappa shape index (κ2) is 5.25. The smallest absolute Gasteiger partial charge is 0.129 e. The van der Waals surface area contributed by atoms with Gasteiger partial charge in [-0.05, 0) is 37.3 Å². The van der Waals surface area contributed by atoms with Crippen LogP contribution in [0.2, 0.25) is 0 Å². The maximum Gasteiger partial charge on any atom is 0.129 e. The van der Waals surface area contributed by atoms with E-state index >= 15 is 0 Å². The predicted molar refractivity (Wildman–Crippen MR) is 63.9 cm³/mol. The van der Waals surface area contributed by atoms with Gasteiger partial charge in [-0.15, -0.1) is 0 Å². The SMILES string of the molecule is NC1=N[C@@H](CCc2ccc(F)cc2F)CCC1. The summed E-state index contributed by atoms with van der Waals surface area (Å²) in [4.78, 5) is 4.34. The third-order valence-electron chi connectivity index (χ3n) is 3.08. The first-order valence-electron chi connectivity index (χ1n) is 5.91. The van der Waals surface area contributed by atoms with E-state index in [4.69, 9.17) is 5.73 Å². The Bertz CT molecular complexity index is 429. The molecule has 92 valence electrons. The maximum absolute atomic E-state index is 13.4. The third-order valence-corrected chi connectivity index (χ3v) is 3.08. The summed E-state index contributed by atoms with van der Waals surface area (Å²) in [6.45, 7) is 0. The molecule has 0 saturated heterocycles. The van der Waals surface area contributed by atoms with E-state index in [1.54, 1.807) is 0 Å². The second-order valence-corrected chi connectivity index (χ2v) is 4.44. The molecule has 1 aliphatic rings. The first-order chi connectivity index (χ1) is 8.15. The molecule has 17 heavy (non-hydrogen) atoms. The fraction of sp³-hybridized carbons (Fsp3) is 0.462. The van der Waals surface area contributed by atoms with E-state index in [9.17, 15) is 8.78 Å². The van der Waals surface area contributed by atoms with Gasteiger partial charge in [-0.3, -0.25) is 4.99 Å². The van der Waals surface area contributed by atoms with Crippen molar-refractivity contribution in [1.29, 1.82) is 0 Å². The van der Waals surface area contributed by atoms with Crippen LogP contribution in [0.1, 0.15) is 31.2 Å². The largest absolute Gasteiger partial charge is 0.387 e. The number of nitrogens with zero attached hydrogens (tertiary/aromatic N) is 1. The summed E-state index contributed by atoms with van der Waals surface area (Å²) >= 11 is 0. The number of aryl methyl sites for hydroxylation is 1. The molecule has 0 spiro atoms. The molecule has 1 aliphatic heterocycles. The van der Waals surface area contributed by atoms with E-state index < -0.39 is 11.6 Å². The van der Waals surface area contributed by atoms with Crippen molar-refractivity contribution in [2.24, 2.45) is 10.7 Å². The molecular formula is C13H16F2N2. The van der Waals surface area contributed by atoms with Crippen molar-refractivity contribution < 1.29 is 8.78 Å². The van der Waals surface area contributed by atoms with Gasteiger partial charge in [-0.25, -0.2) is 8.78 Å². The highest BCUT2D eigenvalue weighted by Gasteiger charge is 2.14. The number of halogens is 2. The maximum atomic E-state index is 13.4. The lowest BCUT2D eigenvalue weighted by Crippen LogP contribution is -2.22. The molecule has 0 fully saturated rings. The van der Waals surface area contributed by atoms with Crippen LogP contribution in [0.15, 0.2) is 23.2 Å². The topological polar surface area (TPSA) is 38.4 Å². The molecule has 0 amide bonds. The monoisotopic (exact) mass is 238 g/mol. The average molecular weight is 238 g/mol. The van der Waals surface area contributed by atoms with Crippen LogP contribution < -0.4 is 5.73 Å². The number of nitrogens with two attached hydrogens (primary N) is 1. The molecule has 0 radical (unpaired) electrons. The number of rotatable bonds is 3. The van der Waals surface area contributed by atoms with Crippen molar-refractivity contribution >= 4 is 5.84 Å². The van der Waals surface area contributed by atoms with Crippen LogP contribution in [0.4, 0.5) is 8.78 Å². The lowest BCUT2D eigenvalue weighted by molar-refractivity contribution is 0.519. The van der Waals surface area contributed by atoms with Gasteiger partial charge in [0.05, 0.1) is 11.9 Å². The normalized spacial score (nSPS) is 20.1. The van der Waals surface area contributed by atoms with Crippen molar-refractivity contribution in [1.82, 2.24) is 0 Å². The summed E-state index contributed by atoms with van der Waals surface area (Å²) in [6.07, 6.45) is 4.26. The van der Waals surface area contributed by atoms with Gasteiger partial charge in [0.15, 0.2) is 0 Å². The first-order valence-corrected chi connectivity index (χ1v) is 5.91. The second-order valence-electron chi connectivity index (χ2n) is 4.44. The summed E-state index contributed by atoms with van der Waals surface area (Å²) < 4.78 is 26.1. The summed E-state index contributed by atoms with van der Waals surface area (Å²) in [5.41, 5.74) is 6.22. The molecule has 0 aliphatic carbocycles. The molecule has 1 aromatic carbocycles.